The van der Waals surface area contributed by atoms with E-state index in [1.54, 1.807) is 0 Å². The molecule has 1 heterocycles. The van der Waals surface area contributed by atoms with Gasteiger partial charge in [0.1, 0.15) is 0 Å². The Morgan fingerprint density at radius 2 is 2.31 bits per heavy atom. The monoisotopic (exact) mass is 219 g/mol. The van der Waals surface area contributed by atoms with E-state index in [4.69, 9.17) is 4.74 Å². The van der Waals surface area contributed by atoms with Crippen LogP contribution in [-0.2, 0) is 11.2 Å². The van der Waals surface area contributed by atoms with Crippen LogP contribution in [0, 0.1) is 0 Å². The Morgan fingerprint density at radius 1 is 1.50 bits per heavy atom. The molecule has 16 heavy (non-hydrogen) atoms. The van der Waals surface area contributed by atoms with Gasteiger partial charge in [0.25, 0.3) is 0 Å². The molecular weight excluding hydrogens is 202 g/mol. The average molecular weight is 219 g/mol. The van der Waals surface area contributed by atoms with Crippen molar-refractivity contribution in [3.8, 4) is 0 Å². The fraction of sp³-hybridized carbons (Fsp3) is 0.462. The first kappa shape index (κ1) is 11.0. The number of esters is 1. The van der Waals surface area contributed by atoms with Crippen LogP contribution in [-0.4, -0.2) is 26.2 Å². The molecule has 1 aromatic carbocycles. The zero-order valence-corrected chi connectivity index (χ0v) is 9.82. The van der Waals surface area contributed by atoms with Crippen molar-refractivity contribution < 1.29 is 9.53 Å². The minimum absolute atomic E-state index is 0.227. The molecule has 0 atom stereocenters. The Kier molecular flexibility index (Phi) is 3.13. The lowest BCUT2D eigenvalue weighted by atomic mass is 9.96. The summed E-state index contributed by atoms with van der Waals surface area (Å²) in [4.78, 5) is 14.0. The lowest BCUT2D eigenvalue weighted by Crippen LogP contribution is -2.30. The van der Waals surface area contributed by atoms with Gasteiger partial charge in [0.05, 0.1) is 12.7 Å². The van der Waals surface area contributed by atoms with E-state index >= 15 is 0 Å². The summed E-state index contributed by atoms with van der Waals surface area (Å²) in [5, 5.41) is 0. The molecule has 0 aliphatic carbocycles. The summed E-state index contributed by atoms with van der Waals surface area (Å²) in [6, 6.07) is 5.87. The van der Waals surface area contributed by atoms with Gasteiger partial charge in [0.15, 0.2) is 0 Å². The van der Waals surface area contributed by atoms with Gasteiger partial charge in [-0.15, -0.1) is 0 Å². The lowest BCUT2D eigenvalue weighted by molar-refractivity contribution is 0.0599. The van der Waals surface area contributed by atoms with E-state index in [0.717, 1.165) is 37.1 Å². The van der Waals surface area contributed by atoms with Crippen LogP contribution in [0.25, 0.3) is 0 Å². The second kappa shape index (κ2) is 4.56. The first-order valence-corrected chi connectivity index (χ1v) is 5.73. The SMILES string of the molecule is CCN1CCCc2c(C(=O)OC)cccc21. The normalized spacial score (nSPS) is 14.5. The van der Waals surface area contributed by atoms with Crippen molar-refractivity contribution in [1.29, 1.82) is 0 Å². The number of fused-ring (bicyclic) bond motifs is 1. The van der Waals surface area contributed by atoms with Crippen LogP contribution in [0.1, 0.15) is 29.3 Å². The average Bonchev–Trinajstić information content (AvgIpc) is 2.36. The molecule has 0 radical (unpaired) electrons. The van der Waals surface area contributed by atoms with Crippen molar-refractivity contribution >= 4 is 11.7 Å². The van der Waals surface area contributed by atoms with Gasteiger partial charge in [-0.25, -0.2) is 4.79 Å². The zero-order valence-electron chi connectivity index (χ0n) is 9.82. The third-order valence-corrected chi connectivity index (χ3v) is 3.13. The number of nitrogens with zero attached hydrogens (tertiary/aromatic N) is 1. The molecule has 1 aliphatic rings. The fourth-order valence-corrected chi connectivity index (χ4v) is 2.33. The zero-order chi connectivity index (χ0) is 11.5. The van der Waals surface area contributed by atoms with Gasteiger partial charge in [0, 0.05) is 18.8 Å². The number of ether oxygens (including phenoxy) is 1. The van der Waals surface area contributed by atoms with Crippen LogP contribution in [0.4, 0.5) is 5.69 Å². The number of anilines is 1. The molecule has 0 saturated carbocycles. The summed E-state index contributed by atoms with van der Waals surface area (Å²) < 4.78 is 4.81. The van der Waals surface area contributed by atoms with E-state index in [1.165, 1.54) is 12.8 Å². The van der Waals surface area contributed by atoms with E-state index in [2.05, 4.69) is 17.9 Å². The highest BCUT2D eigenvalue weighted by atomic mass is 16.5. The summed E-state index contributed by atoms with van der Waals surface area (Å²) in [5.41, 5.74) is 3.05. The number of hydrogen-bond donors (Lipinski definition) is 0. The number of hydrogen-bond acceptors (Lipinski definition) is 3. The Bertz CT molecular complexity index is 401. The third-order valence-electron chi connectivity index (χ3n) is 3.13. The first-order valence-electron chi connectivity index (χ1n) is 5.73. The Hall–Kier alpha value is -1.51. The lowest BCUT2D eigenvalue weighted by Gasteiger charge is -2.31. The van der Waals surface area contributed by atoms with Gasteiger partial charge in [-0.1, -0.05) is 6.07 Å². The molecule has 0 unspecified atom stereocenters. The van der Waals surface area contributed by atoms with Crippen LogP contribution >= 0.6 is 0 Å². The van der Waals surface area contributed by atoms with E-state index in [1.807, 2.05) is 12.1 Å². The van der Waals surface area contributed by atoms with Crippen LogP contribution in [0.15, 0.2) is 18.2 Å². The summed E-state index contributed by atoms with van der Waals surface area (Å²) in [5.74, 6) is -0.227. The number of benzene rings is 1. The number of rotatable bonds is 2. The highest BCUT2D eigenvalue weighted by Gasteiger charge is 2.21. The maximum absolute atomic E-state index is 11.6. The summed E-state index contributed by atoms with van der Waals surface area (Å²) >= 11 is 0. The van der Waals surface area contributed by atoms with Crippen LogP contribution in [0.5, 0.6) is 0 Å². The Balaban J connectivity index is 2.46. The van der Waals surface area contributed by atoms with Gasteiger partial charge in [-0.3, -0.25) is 0 Å². The molecule has 0 amide bonds. The number of carbonyl (C=O) groups excluding carboxylic acids is 1. The van der Waals surface area contributed by atoms with E-state index in [0.29, 0.717) is 0 Å². The van der Waals surface area contributed by atoms with E-state index in [-0.39, 0.29) is 5.97 Å². The van der Waals surface area contributed by atoms with Crippen molar-refractivity contribution in [2.75, 3.05) is 25.1 Å². The van der Waals surface area contributed by atoms with Crippen molar-refractivity contribution in [2.24, 2.45) is 0 Å². The van der Waals surface area contributed by atoms with Crippen molar-refractivity contribution in [2.45, 2.75) is 19.8 Å². The standard InChI is InChI=1S/C13H17NO2/c1-3-14-9-5-7-10-11(13(15)16-2)6-4-8-12(10)14/h4,6,8H,3,5,7,9H2,1-2H3. The topological polar surface area (TPSA) is 29.5 Å². The smallest absolute Gasteiger partial charge is 0.338 e. The van der Waals surface area contributed by atoms with Crippen LogP contribution in [0.3, 0.4) is 0 Å². The van der Waals surface area contributed by atoms with E-state index < -0.39 is 0 Å². The predicted molar refractivity (Wildman–Crippen MR) is 64.0 cm³/mol. The largest absolute Gasteiger partial charge is 0.465 e. The molecular formula is C13H17NO2. The minimum Gasteiger partial charge on any atom is -0.465 e. The van der Waals surface area contributed by atoms with E-state index in [9.17, 15) is 4.79 Å². The number of carbonyl (C=O) groups is 1. The molecule has 3 heteroatoms. The van der Waals surface area contributed by atoms with Crippen molar-refractivity contribution in [1.82, 2.24) is 0 Å². The highest BCUT2D eigenvalue weighted by Crippen LogP contribution is 2.29. The van der Waals surface area contributed by atoms with Crippen molar-refractivity contribution in [3.05, 3.63) is 29.3 Å². The van der Waals surface area contributed by atoms with Gasteiger partial charge in [0.2, 0.25) is 0 Å². The second-order valence-electron chi connectivity index (χ2n) is 3.98. The Labute approximate surface area is 96.0 Å². The molecule has 0 spiro atoms. The summed E-state index contributed by atoms with van der Waals surface area (Å²) in [6.07, 6.45) is 2.08. The molecule has 3 nitrogen and oxygen atoms in total. The molecule has 2 rings (SSSR count). The van der Waals surface area contributed by atoms with Gasteiger partial charge in [-0.05, 0) is 37.5 Å². The number of methoxy groups -OCH3 is 1. The molecule has 0 aromatic heterocycles. The molecule has 0 fully saturated rings. The predicted octanol–water partition coefficient (Wildman–Crippen LogP) is 2.25. The molecule has 0 bridgehead atoms. The maximum Gasteiger partial charge on any atom is 0.338 e. The van der Waals surface area contributed by atoms with Crippen LogP contribution < -0.4 is 4.90 Å². The quantitative estimate of drug-likeness (QED) is 0.714. The Morgan fingerprint density at radius 3 is 3.00 bits per heavy atom. The highest BCUT2D eigenvalue weighted by molar-refractivity contribution is 5.93. The summed E-state index contributed by atoms with van der Waals surface area (Å²) in [6.45, 7) is 4.20. The van der Waals surface area contributed by atoms with Crippen molar-refractivity contribution in [3.63, 3.8) is 0 Å². The summed E-state index contributed by atoms with van der Waals surface area (Å²) in [7, 11) is 1.43. The maximum atomic E-state index is 11.6. The van der Waals surface area contributed by atoms with Crippen LogP contribution in [0.2, 0.25) is 0 Å². The minimum atomic E-state index is -0.227. The fourth-order valence-electron chi connectivity index (χ4n) is 2.33. The second-order valence-corrected chi connectivity index (χ2v) is 3.98. The third kappa shape index (κ3) is 1.77. The molecule has 0 saturated heterocycles. The first-order chi connectivity index (χ1) is 7.77. The van der Waals surface area contributed by atoms with Gasteiger partial charge >= 0.3 is 5.97 Å². The van der Waals surface area contributed by atoms with Gasteiger partial charge < -0.3 is 9.64 Å². The molecule has 0 N–H and O–H groups in total. The molecule has 1 aromatic rings. The molecule has 1 aliphatic heterocycles. The van der Waals surface area contributed by atoms with Gasteiger partial charge in [-0.2, -0.15) is 0 Å². The molecule has 86 valence electrons.